The van der Waals surface area contributed by atoms with Gasteiger partial charge in [-0.2, -0.15) is 5.10 Å². The highest BCUT2D eigenvalue weighted by molar-refractivity contribution is 5.99. The molecular formula is C38H47N7O4. The van der Waals surface area contributed by atoms with E-state index in [2.05, 4.69) is 67.7 Å². The van der Waals surface area contributed by atoms with Gasteiger partial charge in [0, 0.05) is 62.8 Å². The van der Waals surface area contributed by atoms with E-state index in [1.165, 1.54) is 22.3 Å². The van der Waals surface area contributed by atoms with Gasteiger partial charge < -0.3 is 26.0 Å². The molecule has 2 aromatic carbocycles. The number of pyridine rings is 1. The number of rotatable bonds is 11. The van der Waals surface area contributed by atoms with Crippen molar-refractivity contribution in [3.05, 3.63) is 89.4 Å². The molecular weight excluding hydrogens is 618 g/mol. The molecule has 1 saturated carbocycles. The fraction of sp³-hybridized carbons (Fsp3) is 0.447. The van der Waals surface area contributed by atoms with Gasteiger partial charge in [-0.15, -0.1) is 0 Å². The smallest absolute Gasteiger partial charge is 0.255 e. The molecule has 258 valence electrons. The SMILES string of the molecule is Cn1cc(-c2cnc(N)c(C(=O)N[C@H]3CCC[C@@H]3OCc3ccc(-c4ccc5c(c4)CC[C@@H]5N4CCN(C(CO)CO)CC4)cc3)c2)cn1. The number of aryl methyl sites for hydroxylation is 2. The summed E-state index contributed by atoms with van der Waals surface area (Å²) in [4.78, 5) is 22.3. The second-order valence-corrected chi connectivity index (χ2v) is 13.7. The van der Waals surface area contributed by atoms with Crippen molar-refractivity contribution in [1.82, 2.24) is 29.9 Å². The van der Waals surface area contributed by atoms with Crippen LogP contribution in [0.2, 0.25) is 0 Å². The number of hydrogen-bond acceptors (Lipinski definition) is 9. The molecule has 0 bridgehead atoms. The van der Waals surface area contributed by atoms with E-state index in [0.29, 0.717) is 18.2 Å². The minimum atomic E-state index is -0.238. The molecule has 0 unspecified atom stereocenters. The zero-order valence-electron chi connectivity index (χ0n) is 28.2. The summed E-state index contributed by atoms with van der Waals surface area (Å²) in [7, 11) is 1.85. The number of fused-ring (bicyclic) bond motifs is 1. The number of nitrogens with zero attached hydrogens (tertiary/aromatic N) is 5. The molecule has 5 N–H and O–H groups in total. The maximum Gasteiger partial charge on any atom is 0.255 e. The third-order valence-electron chi connectivity index (χ3n) is 10.6. The molecule has 11 nitrogen and oxygen atoms in total. The molecule has 2 aromatic heterocycles. The third-order valence-corrected chi connectivity index (χ3v) is 10.6. The minimum Gasteiger partial charge on any atom is -0.395 e. The Labute approximate surface area is 287 Å². The quantitative estimate of drug-likeness (QED) is 0.189. The van der Waals surface area contributed by atoms with Crippen molar-refractivity contribution in [2.75, 3.05) is 45.1 Å². The van der Waals surface area contributed by atoms with Gasteiger partial charge in [0.25, 0.3) is 5.91 Å². The number of nitrogens with two attached hydrogens (primary N) is 1. The summed E-state index contributed by atoms with van der Waals surface area (Å²) >= 11 is 0. The number of benzene rings is 2. The normalized spacial score (nSPS) is 21.3. The second-order valence-electron chi connectivity index (χ2n) is 13.7. The molecule has 49 heavy (non-hydrogen) atoms. The Balaban J connectivity index is 0.932. The lowest BCUT2D eigenvalue weighted by Crippen LogP contribution is -2.53. The summed E-state index contributed by atoms with van der Waals surface area (Å²) in [5.41, 5.74) is 14.5. The van der Waals surface area contributed by atoms with Crippen molar-refractivity contribution in [2.24, 2.45) is 7.05 Å². The lowest BCUT2D eigenvalue weighted by Gasteiger charge is -2.40. The van der Waals surface area contributed by atoms with E-state index in [9.17, 15) is 15.0 Å². The summed E-state index contributed by atoms with van der Waals surface area (Å²) in [5, 5.41) is 26.5. The van der Waals surface area contributed by atoms with Crippen LogP contribution in [0, 0.1) is 0 Å². The van der Waals surface area contributed by atoms with Crippen LogP contribution < -0.4 is 11.1 Å². The molecule has 1 amide bonds. The predicted octanol–water partition coefficient (Wildman–Crippen LogP) is 3.56. The number of piperazine rings is 1. The highest BCUT2D eigenvalue weighted by Gasteiger charge is 2.33. The van der Waals surface area contributed by atoms with Gasteiger partial charge in [0.15, 0.2) is 0 Å². The topological polar surface area (TPSA) is 142 Å². The maximum atomic E-state index is 13.3. The van der Waals surface area contributed by atoms with Crippen LogP contribution in [0.1, 0.15) is 58.8 Å². The van der Waals surface area contributed by atoms with E-state index in [1.807, 2.05) is 13.2 Å². The van der Waals surface area contributed by atoms with Crippen LogP contribution >= 0.6 is 0 Å². The highest BCUT2D eigenvalue weighted by atomic mass is 16.5. The molecule has 11 heteroatoms. The monoisotopic (exact) mass is 665 g/mol. The fourth-order valence-corrected chi connectivity index (χ4v) is 7.78. The van der Waals surface area contributed by atoms with E-state index >= 15 is 0 Å². The Morgan fingerprint density at radius 1 is 0.959 bits per heavy atom. The third kappa shape index (κ3) is 7.27. The average Bonchev–Trinajstić information content (AvgIpc) is 3.88. The Bertz CT molecular complexity index is 1750. The van der Waals surface area contributed by atoms with Crippen LogP contribution in [0.3, 0.4) is 0 Å². The van der Waals surface area contributed by atoms with Crippen molar-refractivity contribution in [3.63, 3.8) is 0 Å². The number of anilines is 1. The number of aliphatic hydroxyl groups excluding tert-OH is 2. The van der Waals surface area contributed by atoms with Gasteiger partial charge in [0.2, 0.25) is 0 Å². The van der Waals surface area contributed by atoms with Crippen LogP contribution in [0.5, 0.6) is 0 Å². The van der Waals surface area contributed by atoms with E-state index in [1.54, 1.807) is 23.1 Å². The number of hydrogen-bond donors (Lipinski definition) is 4. The van der Waals surface area contributed by atoms with Gasteiger partial charge in [-0.1, -0.05) is 42.5 Å². The van der Waals surface area contributed by atoms with Crippen molar-refractivity contribution in [3.8, 4) is 22.3 Å². The van der Waals surface area contributed by atoms with Crippen LogP contribution in [0.4, 0.5) is 5.82 Å². The molecule has 2 aliphatic carbocycles. The van der Waals surface area contributed by atoms with Crippen LogP contribution in [0.25, 0.3) is 22.3 Å². The van der Waals surface area contributed by atoms with Crippen LogP contribution in [0.15, 0.2) is 67.1 Å². The molecule has 1 aliphatic heterocycles. The first-order chi connectivity index (χ1) is 23.9. The van der Waals surface area contributed by atoms with Gasteiger partial charge in [-0.25, -0.2) is 4.98 Å². The average molecular weight is 666 g/mol. The zero-order valence-corrected chi connectivity index (χ0v) is 28.2. The molecule has 7 rings (SSSR count). The number of nitrogens with one attached hydrogen (secondary N) is 1. The predicted molar refractivity (Wildman–Crippen MR) is 189 cm³/mol. The van der Waals surface area contributed by atoms with Crippen molar-refractivity contribution in [2.45, 2.75) is 62.9 Å². The van der Waals surface area contributed by atoms with Crippen LogP contribution in [-0.2, 0) is 24.8 Å². The van der Waals surface area contributed by atoms with Gasteiger partial charge in [0.1, 0.15) is 5.82 Å². The van der Waals surface area contributed by atoms with E-state index in [-0.39, 0.29) is 43.1 Å². The number of aliphatic hydroxyl groups is 2. The Morgan fingerprint density at radius 3 is 2.47 bits per heavy atom. The molecule has 0 spiro atoms. The minimum absolute atomic E-state index is 0.000707. The first-order valence-corrected chi connectivity index (χ1v) is 17.5. The van der Waals surface area contributed by atoms with Gasteiger partial charge >= 0.3 is 0 Å². The molecule has 4 aromatic rings. The first-order valence-electron chi connectivity index (χ1n) is 17.5. The molecule has 3 atom stereocenters. The largest absolute Gasteiger partial charge is 0.395 e. The number of nitrogen functional groups attached to an aromatic ring is 1. The second kappa shape index (κ2) is 14.8. The Hall–Kier alpha value is -4.13. The van der Waals surface area contributed by atoms with Crippen LogP contribution in [-0.4, -0.2) is 98.3 Å². The number of amides is 1. The number of carbonyl (C=O) groups excluding carboxylic acids is 1. The lowest BCUT2D eigenvalue weighted by molar-refractivity contribution is 0.0234. The first kappa shape index (κ1) is 33.4. The van der Waals surface area contributed by atoms with Crippen molar-refractivity contribution >= 4 is 11.7 Å². The molecule has 2 fully saturated rings. The standard InChI is InChI=1S/C38H47N7O4/c1-43-21-30(20-41-43)29-18-33(37(39)40-19-29)38(48)42-34-3-2-4-36(34)49-24-25-5-7-26(8-6-25)27-9-11-32-28(17-27)10-12-35(32)45-15-13-44(14-16-45)31(22-46)23-47/h5-9,11,17-21,31,34-36,46-47H,2-4,10,12-16,22-24H2,1H3,(H2,39,40)(H,42,48)/t34-,35-,36-/m0/s1. The number of ether oxygens (including phenoxy) is 1. The molecule has 1 saturated heterocycles. The van der Waals surface area contributed by atoms with Gasteiger partial charge in [0.05, 0.1) is 49.8 Å². The summed E-state index contributed by atoms with van der Waals surface area (Å²) in [6.45, 7) is 4.12. The summed E-state index contributed by atoms with van der Waals surface area (Å²) in [6, 6.07) is 17.5. The van der Waals surface area contributed by atoms with Gasteiger partial charge in [-0.05, 0) is 66.0 Å². The summed E-state index contributed by atoms with van der Waals surface area (Å²) in [6.07, 6.45) is 10.2. The lowest BCUT2D eigenvalue weighted by atomic mass is 9.98. The van der Waals surface area contributed by atoms with Crippen molar-refractivity contribution < 1.29 is 19.7 Å². The zero-order chi connectivity index (χ0) is 33.9. The molecule has 0 radical (unpaired) electrons. The van der Waals surface area contributed by atoms with E-state index < -0.39 is 0 Å². The fourth-order valence-electron chi connectivity index (χ4n) is 7.78. The van der Waals surface area contributed by atoms with Crippen molar-refractivity contribution in [1.29, 1.82) is 0 Å². The summed E-state index contributed by atoms with van der Waals surface area (Å²) < 4.78 is 8.08. The molecule has 3 heterocycles. The highest BCUT2D eigenvalue weighted by Crippen LogP contribution is 2.38. The maximum absolute atomic E-state index is 13.3. The number of carbonyl (C=O) groups is 1. The van der Waals surface area contributed by atoms with E-state index in [0.717, 1.165) is 75.0 Å². The molecule has 3 aliphatic rings. The van der Waals surface area contributed by atoms with Gasteiger partial charge in [-0.3, -0.25) is 19.3 Å². The Morgan fingerprint density at radius 2 is 1.73 bits per heavy atom. The van der Waals surface area contributed by atoms with E-state index in [4.69, 9.17) is 10.5 Å². The Kier molecular flexibility index (Phi) is 10.1. The summed E-state index contributed by atoms with van der Waals surface area (Å²) in [5.74, 6) is -0.0343. The number of aromatic nitrogens is 3.